The Morgan fingerprint density at radius 3 is 2.30 bits per heavy atom. The van der Waals surface area contributed by atoms with Crippen molar-refractivity contribution >= 4 is 23.2 Å². The first kappa shape index (κ1) is 17.4. The Morgan fingerprint density at radius 1 is 1.09 bits per heavy atom. The van der Waals surface area contributed by atoms with Gasteiger partial charge in [0.05, 0.1) is 5.41 Å². The molecule has 1 N–H and O–H groups in total. The molecule has 0 spiro atoms. The van der Waals surface area contributed by atoms with Crippen LogP contribution in [0, 0.1) is 0 Å². The molecule has 0 unspecified atom stereocenters. The van der Waals surface area contributed by atoms with Gasteiger partial charge in [0.25, 0.3) is 0 Å². The van der Waals surface area contributed by atoms with Gasteiger partial charge in [-0.1, -0.05) is 41.9 Å². The fourth-order valence-corrected chi connectivity index (χ4v) is 2.49. The standard InChI is InChI=1S/C19H23ClN2O/c1-19(2,15-9-11-16(20)12-10-15)18(23)21-13-14-22(3)17-7-5-4-6-8-17/h4-12H,13-14H2,1-3H3,(H,21,23). The van der Waals surface area contributed by atoms with Gasteiger partial charge in [0.15, 0.2) is 0 Å². The summed E-state index contributed by atoms with van der Waals surface area (Å²) in [6, 6.07) is 17.6. The summed E-state index contributed by atoms with van der Waals surface area (Å²) in [5.41, 5.74) is 1.50. The van der Waals surface area contributed by atoms with E-state index >= 15 is 0 Å². The van der Waals surface area contributed by atoms with Crippen molar-refractivity contribution < 1.29 is 4.79 Å². The minimum Gasteiger partial charge on any atom is -0.373 e. The Bertz CT molecular complexity index is 638. The van der Waals surface area contributed by atoms with Crippen molar-refractivity contribution in [2.45, 2.75) is 19.3 Å². The second kappa shape index (κ2) is 7.51. The first-order valence-electron chi connectivity index (χ1n) is 7.72. The summed E-state index contributed by atoms with van der Waals surface area (Å²) in [6.45, 7) is 5.20. The predicted molar refractivity (Wildman–Crippen MR) is 97.2 cm³/mol. The van der Waals surface area contributed by atoms with E-state index in [0.717, 1.165) is 17.8 Å². The summed E-state index contributed by atoms with van der Waals surface area (Å²) in [5, 5.41) is 3.70. The van der Waals surface area contributed by atoms with Crippen LogP contribution in [-0.2, 0) is 10.2 Å². The van der Waals surface area contributed by atoms with Crippen molar-refractivity contribution in [1.82, 2.24) is 5.32 Å². The van der Waals surface area contributed by atoms with Gasteiger partial charge in [0.1, 0.15) is 0 Å². The molecule has 122 valence electrons. The first-order valence-corrected chi connectivity index (χ1v) is 8.09. The fourth-order valence-electron chi connectivity index (χ4n) is 2.37. The number of rotatable bonds is 6. The molecule has 0 aliphatic rings. The zero-order chi connectivity index (χ0) is 16.9. The second-order valence-corrected chi connectivity index (χ2v) is 6.58. The van der Waals surface area contributed by atoms with Gasteiger partial charge in [0, 0.05) is 30.8 Å². The Kier molecular flexibility index (Phi) is 5.67. The summed E-state index contributed by atoms with van der Waals surface area (Å²) in [7, 11) is 2.02. The number of hydrogen-bond donors (Lipinski definition) is 1. The Labute approximate surface area is 143 Å². The number of hydrogen-bond acceptors (Lipinski definition) is 2. The fraction of sp³-hybridized carbons (Fsp3) is 0.316. The molecule has 0 atom stereocenters. The van der Waals surface area contributed by atoms with Gasteiger partial charge < -0.3 is 10.2 Å². The molecule has 0 saturated carbocycles. The molecule has 0 saturated heterocycles. The maximum Gasteiger partial charge on any atom is 0.230 e. The molecule has 2 aromatic carbocycles. The summed E-state index contributed by atoms with van der Waals surface area (Å²) in [4.78, 5) is 14.6. The maximum atomic E-state index is 12.5. The summed E-state index contributed by atoms with van der Waals surface area (Å²) < 4.78 is 0. The molecule has 0 heterocycles. The summed E-state index contributed by atoms with van der Waals surface area (Å²) in [5.74, 6) is 0.0151. The number of anilines is 1. The number of carbonyl (C=O) groups excluding carboxylic acids is 1. The van der Waals surface area contributed by atoms with Crippen LogP contribution in [0.5, 0.6) is 0 Å². The molecule has 23 heavy (non-hydrogen) atoms. The normalized spacial score (nSPS) is 11.1. The third-order valence-electron chi connectivity index (χ3n) is 4.06. The molecule has 1 amide bonds. The van der Waals surface area contributed by atoms with Gasteiger partial charge in [-0.3, -0.25) is 4.79 Å². The Balaban J connectivity index is 1.90. The van der Waals surface area contributed by atoms with Crippen LogP contribution < -0.4 is 10.2 Å². The van der Waals surface area contributed by atoms with Gasteiger partial charge in [-0.25, -0.2) is 0 Å². The van der Waals surface area contributed by atoms with Gasteiger partial charge in [-0.15, -0.1) is 0 Å². The van der Waals surface area contributed by atoms with E-state index in [1.54, 1.807) is 0 Å². The van der Waals surface area contributed by atoms with Crippen molar-refractivity contribution in [3.8, 4) is 0 Å². The SMILES string of the molecule is CN(CCNC(=O)C(C)(C)c1ccc(Cl)cc1)c1ccccc1. The van der Waals surface area contributed by atoms with E-state index in [0.29, 0.717) is 11.6 Å². The number of benzene rings is 2. The lowest BCUT2D eigenvalue weighted by atomic mass is 9.84. The van der Waals surface area contributed by atoms with E-state index in [4.69, 9.17) is 11.6 Å². The van der Waals surface area contributed by atoms with Crippen molar-refractivity contribution in [1.29, 1.82) is 0 Å². The van der Waals surface area contributed by atoms with Crippen molar-refractivity contribution in [3.63, 3.8) is 0 Å². The minimum atomic E-state index is -0.587. The molecule has 0 fully saturated rings. The topological polar surface area (TPSA) is 32.3 Å². The van der Waals surface area contributed by atoms with Crippen LogP contribution in [0.15, 0.2) is 54.6 Å². The average molecular weight is 331 g/mol. The smallest absolute Gasteiger partial charge is 0.230 e. The quantitative estimate of drug-likeness (QED) is 0.872. The number of nitrogens with one attached hydrogen (secondary N) is 1. The molecule has 2 aromatic rings. The Hall–Kier alpha value is -2.00. The summed E-state index contributed by atoms with van der Waals surface area (Å²) in [6.07, 6.45) is 0. The van der Waals surface area contributed by atoms with Crippen molar-refractivity contribution in [2.75, 3.05) is 25.0 Å². The Morgan fingerprint density at radius 2 is 1.70 bits per heavy atom. The van der Waals surface area contributed by atoms with Crippen LogP contribution in [0.1, 0.15) is 19.4 Å². The number of amides is 1. The lowest BCUT2D eigenvalue weighted by Crippen LogP contribution is -2.42. The molecule has 0 aliphatic heterocycles. The maximum absolute atomic E-state index is 12.5. The zero-order valence-corrected chi connectivity index (χ0v) is 14.6. The molecule has 0 aliphatic carbocycles. The molecular formula is C19H23ClN2O. The number of halogens is 1. The van der Waals surface area contributed by atoms with Crippen LogP contribution in [0.25, 0.3) is 0 Å². The van der Waals surface area contributed by atoms with E-state index in [-0.39, 0.29) is 5.91 Å². The van der Waals surface area contributed by atoms with E-state index in [2.05, 4.69) is 22.3 Å². The van der Waals surface area contributed by atoms with Crippen LogP contribution in [0.4, 0.5) is 5.69 Å². The highest BCUT2D eigenvalue weighted by Gasteiger charge is 2.29. The van der Waals surface area contributed by atoms with E-state index in [1.165, 1.54) is 0 Å². The van der Waals surface area contributed by atoms with Gasteiger partial charge >= 0.3 is 0 Å². The molecule has 0 aromatic heterocycles. The first-order chi connectivity index (χ1) is 10.9. The highest BCUT2D eigenvalue weighted by Crippen LogP contribution is 2.24. The number of likely N-dealkylation sites (N-methyl/N-ethyl adjacent to an activating group) is 1. The summed E-state index contributed by atoms with van der Waals surface area (Å²) >= 11 is 5.91. The highest BCUT2D eigenvalue weighted by molar-refractivity contribution is 6.30. The van der Waals surface area contributed by atoms with Crippen molar-refractivity contribution in [3.05, 3.63) is 65.2 Å². The zero-order valence-electron chi connectivity index (χ0n) is 13.8. The lowest BCUT2D eigenvalue weighted by Gasteiger charge is -2.25. The molecule has 0 bridgehead atoms. The molecule has 3 nitrogen and oxygen atoms in total. The molecule has 4 heteroatoms. The average Bonchev–Trinajstić information content (AvgIpc) is 2.55. The number of para-hydroxylation sites is 1. The third-order valence-corrected chi connectivity index (χ3v) is 4.32. The van der Waals surface area contributed by atoms with Gasteiger partial charge in [-0.2, -0.15) is 0 Å². The number of nitrogens with zero attached hydrogens (tertiary/aromatic N) is 1. The minimum absolute atomic E-state index is 0.0151. The van der Waals surface area contributed by atoms with Crippen LogP contribution in [-0.4, -0.2) is 26.0 Å². The predicted octanol–water partition coefficient (Wildman–Crippen LogP) is 3.87. The largest absolute Gasteiger partial charge is 0.373 e. The third kappa shape index (κ3) is 4.49. The van der Waals surface area contributed by atoms with Gasteiger partial charge in [0.2, 0.25) is 5.91 Å². The second-order valence-electron chi connectivity index (χ2n) is 6.14. The van der Waals surface area contributed by atoms with Crippen LogP contribution in [0.2, 0.25) is 5.02 Å². The lowest BCUT2D eigenvalue weighted by molar-refractivity contribution is -0.125. The van der Waals surface area contributed by atoms with E-state index in [1.807, 2.05) is 63.4 Å². The number of carbonyl (C=O) groups is 1. The molecule has 0 radical (unpaired) electrons. The van der Waals surface area contributed by atoms with Crippen LogP contribution >= 0.6 is 11.6 Å². The van der Waals surface area contributed by atoms with E-state index in [9.17, 15) is 4.79 Å². The molecular weight excluding hydrogens is 308 g/mol. The molecule has 2 rings (SSSR count). The van der Waals surface area contributed by atoms with Crippen molar-refractivity contribution in [2.24, 2.45) is 0 Å². The van der Waals surface area contributed by atoms with Crippen LogP contribution in [0.3, 0.4) is 0 Å². The highest BCUT2D eigenvalue weighted by atomic mass is 35.5. The monoisotopic (exact) mass is 330 g/mol. The van der Waals surface area contributed by atoms with E-state index < -0.39 is 5.41 Å². The van der Waals surface area contributed by atoms with Gasteiger partial charge in [-0.05, 0) is 43.7 Å².